The van der Waals surface area contributed by atoms with Crippen molar-refractivity contribution in [2.24, 2.45) is 0 Å². The van der Waals surface area contributed by atoms with Crippen LogP contribution in [0.2, 0.25) is 0 Å². The minimum atomic E-state index is -4.80. The Balaban J connectivity index is 1.55. The van der Waals surface area contributed by atoms with Crippen LogP contribution in [0.5, 0.6) is 0 Å². The molecule has 42 heavy (non-hydrogen) atoms. The number of hydrogen-bond acceptors (Lipinski definition) is 10. The van der Waals surface area contributed by atoms with Crippen molar-refractivity contribution in [3.8, 4) is 11.4 Å². The number of nitrogens with zero attached hydrogens (tertiary/aromatic N) is 7. The molecule has 0 saturated carbocycles. The Morgan fingerprint density at radius 3 is 2.57 bits per heavy atom. The Morgan fingerprint density at radius 2 is 1.93 bits per heavy atom. The van der Waals surface area contributed by atoms with Gasteiger partial charge in [-0.2, -0.15) is 17.5 Å². The minimum absolute atomic E-state index is 0.0976. The second-order valence-electron chi connectivity index (χ2n) is 10.2. The zero-order chi connectivity index (χ0) is 30.2. The minimum Gasteiger partial charge on any atom is -0.453 e. The van der Waals surface area contributed by atoms with Crippen molar-refractivity contribution in [1.82, 2.24) is 28.8 Å². The summed E-state index contributed by atoms with van der Waals surface area (Å²) in [5, 5.41) is 6.61. The molecule has 0 bridgehead atoms. The fourth-order valence-corrected chi connectivity index (χ4v) is 5.89. The molecule has 1 amide bonds. The number of piperazine rings is 1. The first-order chi connectivity index (χ1) is 19.8. The lowest BCUT2D eigenvalue weighted by Gasteiger charge is -2.34. The maximum Gasteiger partial charge on any atom is 0.417 e. The lowest BCUT2D eigenvalue weighted by atomic mass is 10.1. The monoisotopic (exact) mass is 612 g/mol. The predicted octanol–water partition coefficient (Wildman–Crippen LogP) is 2.29. The maximum absolute atomic E-state index is 14.2. The standard InChI is InChI=1S/C25H31F3N8O5S/c1-16-15-41-9-8-35(16)23-20-10-17(13-33-4-6-34(7-5-33)42(3,38)39)14-36(20)32-22(31-23)18-12-29-21(30-24(37)40-2)11-19(18)25(26,27)28/h10-12,14,16H,4-9,13,15H2,1-3H3,(H,29,30,37). The van der Waals surface area contributed by atoms with Gasteiger partial charge < -0.3 is 14.4 Å². The Morgan fingerprint density at radius 1 is 1.19 bits per heavy atom. The Labute approximate surface area is 240 Å². The van der Waals surface area contributed by atoms with E-state index >= 15 is 0 Å². The molecule has 0 spiro atoms. The molecule has 2 fully saturated rings. The number of carbonyl (C=O) groups excluding carboxylic acids is 1. The van der Waals surface area contributed by atoms with E-state index in [1.165, 1.54) is 15.1 Å². The molecule has 5 heterocycles. The van der Waals surface area contributed by atoms with Crippen LogP contribution in [0.15, 0.2) is 24.5 Å². The Bertz CT molecular complexity index is 1570. The Kier molecular flexibility index (Phi) is 8.28. The quantitative estimate of drug-likeness (QED) is 0.442. The number of amides is 1. The van der Waals surface area contributed by atoms with Crippen LogP contribution in [-0.2, 0) is 32.2 Å². The molecular weight excluding hydrogens is 581 g/mol. The van der Waals surface area contributed by atoms with E-state index in [0.29, 0.717) is 69.9 Å². The number of anilines is 2. The van der Waals surface area contributed by atoms with Gasteiger partial charge in [-0.1, -0.05) is 0 Å². The van der Waals surface area contributed by atoms with Crippen LogP contribution in [0, 0.1) is 0 Å². The molecule has 2 aliphatic rings. The average molecular weight is 613 g/mol. The zero-order valence-corrected chi connectivity index (χ0v) is 24.1. The van der Waals surface area contributed by atoms with Crippen LogP contribution in [-0.4, -0.2) is 109 Å². The van der Waals surface area contributed by atoms with E-state index in [9.17, 15) is 26.4 Å². The molecule has 0 radical (unpaired) electrons. The molecule has 2 aliphatic heterocycles. The van der Waals surface area contributed by atoms with Crippen molar-refractivity contribution in [3.05, 3.63) is 35.7 Å². The molecule has 0 aliphatic carbocycles. The summed E-state index contributed by atoms with van der Waals surface area (Å²) < 4.78 is 79.4. The van der Waals surface area contributed by atoms with Gasteiger partial charge >= 0.3 is 12.3 Å². The third-order valence-electron chi connectivity index (χ3n) is 7.21. The van der Waals surface area contributed by atoms with Gasteiger partial charge in [0.2, 0.25) is 10.0 Å². The van der Waals surface area contributed by atoms with Gasteiger partial charge in [-0.15, -0.1) is 5.10 Å². The van der Waals surface area contributed by atoms with Gasteiger partial charge in [0, 0.05) is 51.7 Å². The molecule has 17 heteroatoms. The molecular formula is C25H31F3N8O5S. The summed E-state index contributed by atoms with van der Waals surface area (Å²) in [6, 6.07) is 2.52. The number of morpholine rings is 1. The highest BCUT2D eigenvalue weighted by atomic mass is 32.2. The van der Waals surface area contributed by atoms with Gasteiger partial charge in [0.25, 0.3) is 0 Å². The first-order valence-corrected chi connectivity index (χ1v) is 15.0. The maximum atomic E-state index is 14.2. The molecule has 5 rings (SSSR count). The third-order valence-corrected chi connectivity index (χ3v) is 8.52. The third kappa shape index (κ3) is 6.43. The van der Waals surface area contributed by atoms with Crippen molar-refractivity contribution in [2.45, 2.75) is 25.7 Å². The number of aromatic nitrogens is 4. The number of ether oxygens (including phenoxy) is 2. The number of hydrogen-bond donors (Lipinski definition) is 1. The van der Waals surface area contributed by atoms with E-state index < -0.39 is 27.9 Å². The van der Waals surface area contributed by atoms with Crippen molar-refractivity contribution < 1.29 is 35.9 Å². The number of fused-ring (bicyclic) bond motifs is 1. The normalized spacial score (nSPS) is 19.3. The van der Waals surface area contributed by atoms with Gasteiger partial charge in [-0.25, -0.2) is 27.7 Å². The van der Waals surface area contributed by atoms with Gasteiger partial charge in [-0.3, -0.25) is 10.2 Å². The van der Waals surface area contributed by atoms with E-state index in [-0.39, 0.29) is 23.2 Å². The number of rotatable bonds is 6. The van der Waals surface area contributed by atoms with Gasteiger partial charge in [0.15, 0.2) is 11.6 Å². The largest absolute Gasteiger partial charge is 0.453 e. The highest BCUT2D eigenvalue weighted by Crippen LogP contribution is 2.38. The molecule has 1 unspecified atom stereocenters. The summed E-state index contributed by atoms with van der Waals surface area (Å²) in [5.74, 6) is -0.0707. The van der Waals surface area contributed by atoms with Gasteiger partial charge in [-0.05, 0) is 24.6 Å². The second-order valence-corrected chi connectivity index (χ2v) is 12.2. The molecule has 0 aromatic carbocycles. The van der Waals surface area contributed by atoms with Crippen LogP contribution in [0.4, 0.5) is 29.6 Å². The lowest BCUT2D eigenvalue weighted by molar-refractivity contribution is -0.137. The number of sulfonamides is 1. The van der Waals surface area contributed by atoms with Crippen LogP contribution in [0.1, 0.15) is 18.1 Å². The second kappa shape index (κ2) is 11.6. The first kappa shape index (κ1) is 29.9. The van der Waals surface area contributed by atoms with E-state index in [2.05, 4.69) is 30.0 Å². The summed E-state index contributed by atoms with van der Waals surface area (Å²) >= 11 is 0. The number of nitrogens with one attached hydrogen (secondary N) is 1. The first-order valence-electron chi connectivity index (χ1n) is 13.2. The highest BCUT2D eigenvalue weighted by molar-refractivity contribution is 7.88. The van der Waals surface area contributed by atoms with Gasteiger partial charge in [0.05, 0.1) is 43.7 Å². The number of methoxy groups -OCH3 is 1. The molecule has 228 valence electrons. The van der Waals surface area contributed by atoms with Crippen molar-refractivity contribution >= 4 is 33.3 Å². The van der Waals surface area contributed by atoms with Crippen molar-refractivity contribution in [2.75, 3.05) is 69.5 Å². The fraction of sp³-hybridized carbons (Fsp3) is 0.520. The molecule has 2 saturated heterocycles. The number of carbonyl (C=O) groups is 1. The van der Waals surface area contributed by atoms with Crippen LogP contribution in [0.25, 0.3) is 16.9 Å². The summed E-state index contributed by atoms with van der Waals surface area (Å²) in [6.45, 7) is 5.60. The summed E-state index contributed by atoms with van der Waals surface area (Å²) in [6.07, 6.45) is -1.84. The molecule has 3 aromatic rings. The number of pyridine rings is 1. The number of alkyl halides is 3. The number of halogens is 3. The van der Waals surface area contributed by atoms with E-state index in [0.717, 1.165) is 18.9 Å². The topological polar surface area (TPSA) is 134 Å². The Hall–Kier alpha value is -3.54. The summed E-state index contributed by atoms with van der Waals surface area (Å²) in [4.78, 5) is 24.3. The molecule has 1 N–H and O–H groups in total. The summed E-state index contributed by atoms with van der Waals surface area (Å²) in [7, 11) is -2.18. The summed E-state index contributed by atoms with van der Waals surface area (Å²) in [5.41, 5.74) is 0.0421. The van der Waals surface area contributed by atoms with Crippen LogP contribution in [0.3, 0.4) is 0 Å². The van der Waals surface area contributed by atoms with Crippen molar-refractivity contribution in [1.29, 1.82) is 0 Å². The molecule has 3 aromatic heterocycles. The SMILES string of the molecule is COC(=O)Nc1cc(C(F)(F)F)c(-c2nc(N3CCOCC3C)c3cc(CN4CCN(S(C)(=O)=O)CC4)cn3n2)cn1. The van der Waals surface area contributed by atoms with Gasteiger partial charge in [0.1, 0.15) is 11.3 Å². The zero-order valence-electron chi connectivity index (χ0n) is 23.3. The average Bonchev–Trinajstić information content (AvgIpc) is 3.34. The highest BCUT2D eigenvalue weighted by Gasteiger charge is 2.36. The molecule has 1 atom stereocenters. The van der Waals surface area contributed by atoms with E-state index in [1.807, 2.05) is 17.9 Å². The predicted molar refractivity (Wildman–Crippen MR) is 147 cm³/mol. The van der Waals surface area contributed by atoms with Crippen LogP contribution >= 0.6 is 0 Å². The van der Waals surface area contributed by atoms with Crippen LogP contribution < -0.4 is 10.2 Å². The lowest BCUT2D eigenvalue weighted by Crippen LogP contribution is -2.47. The smallest absolute Gasteiger partial charge is 0.417 e. The fourth-order valence-electron chi connectivity index (χ4n) is 5.06. The van der Waals surface area contributed by atoms with E-state index in [4.69, 9.17) is 4.74 Å². The van der Waals surface area contributed by atoms with E-state index in [1.54, 1.807) is 6.20 Å². The van der Waals surface area contributed by atoms with Crippen molar-refractivity contribution in [3.63, 3.8) is 0 Å². The molecule has 13 nitrogen and oxygen atoms in total.